The molecular weight excluding hydrogens is 547 g/mol. The molecule has 1 atom stereocenters. The summed E-state index contributed by atoms with van der Waals surface area (Å²) in [5, 5.41) is 4.51. The number of para-hydroxylation sites is 1. The fourth-order valence-electron chi connectivity index (χ4n) is 4.87. The minimum atomic E-state index is -0.114. The van der Waals surface area contributed by atoms with Gasteiger partial charge in [-0.3, -0.25) is 4.79 Å². The highest BCUT2D eigenvalue weighted by Gasteiger charge is 2.33. The standard InChI is InChI=1S/C30H29N3O3S3/c1-30(2,3)18-10-12-21-24(15-18)37-28(26(21)27(34)31-16-19-7-6-14-35-19)32-17-20-11-13-25(36-20)39-29-33-22-8-4-5-9-23(22)38-29/h4-9,11,13-14,17-18H,10,12,15-16H2,1-3H3,(H,31,34)/t18-/m1/s1. The summed E-state index contributed by atoms with van der Waals surface area (Å²) in [5.41, 5.74) is 3.03. The van der Waals surface area contributed by atoms with Crippen LogP contribution in [0.15, 0.2) is 78.1 Å². The van der Waals surface area contributed by atoms with Crippen molar-refractivity contribution in [3.63, 3.8) is 0 Å². The Bertz CT molecular complexity index is 1600. The van der Waals surface area contributed by atoms with Gasteiger partial charge >= 0.3 is 0 Å². The number of nitrogens with one attached hydrogen (secondary N) is 1. The number of benzene rings is 1. The summed E-state index contributed by atoms with van der Waals surface area (Å²) in [6.45, 7) is 7.24. The summed E-state index contributed by atoms with van der Waals surface area (Å²) >= 11 is 4.78. The van der Waals surface area contributed by atoms with Crippen LogP contribution in [0, 0.1) is 11.3 Å². The number of thiazole rings is 1. The van der Waals surface area contributed by atoms with Gasteiger partial charge in [0, 0.05) is 4.88 Å². The Labute approximate surface area is 239 Å². The minimum absolute atomic E-state index is 0.114. The van der Waals surface area contributed by atoms with Gasteiger partial charge in [-0.15, -0.1) is 22.7 Å². The zero-order valence-electron chi connectivity index (χ0n) is 22.0. The molecule has 9 heteroatoms. The van der Waals surface area contributed by atoms with Gasteiger partial charge in [-0.2, -0.15) is 0 Å². The number of fused-ring (bicyclic) bond motifs is 2. The molecule has 0 fully saturated rings. The lowest BCUT2D eigenvalue weighted by molar-refractivity contribution is 0.0947. The van der Waals surface area contributed by atoms with E-state index in [4.69, 9.17) is 13.8 Å². The van der Waals surface area contributed by atoms with Crippen molar-refractivity contribution < 1.29 is 13.6 Å². The summed E-state index contributed by atoms with van der Waals surface area (Å²) in [6, 6.07) is 15.6. The van der Waals surface area contributed by atoms with Gasteiger partial charge in [0.1, 0.15) is 16.5 Å². The topological polar surface area (TPSA) is 80.6 Å². The molecule has 6 rings (SSSR count). The first kappa shape index (κ1) is 26.1. The van der Waals surface area contributed by atoms with Crippen molar-refractivity contribution in [3.8, 4) is 0 Å². The van der Waals surface area contributed by atoms with Crippen LogP contribution in [0.2, 0.25) is 0 Å². The van der Waals surface area contributed by atoms with Crippen molar-refractivity contribution in [2.45, 2.75) is 56.0 Å². The first-order valence-corrected chi connectivity index (χ1v) is 15.4. The van der Waals surface area contributed by atoms with E-state index in [9.17, 15) is 4.79 Å². The quantitative estimate of drug-likeness (QED) is 0.197. The van der Waals surface area contributed by atoms with Gasteiger partial charge in [-0.1, -0.05) is 32.9 Å². The molecule has 5 aromatic rings. The molecule has 1 amide bonds. The Balaban J connectivity index is 1.24. The van der Waals surface area contributed by atoms with Gasteiger partial charge in [0.25, 0.3) is 5.91 Å². The smallest absolute Gasteiger partial charge is 0.255 e. The number of furan rings is 2. The Morgan fingerprint density at radius 3 is 2.85 bits per heavy atom. The van der Waals surface area contributed by atoms with E-state index in [1.54, 1.807) is 35.2 Å². The van der Waals surface area contributed by atoms with Crippen LogP contribution < -0.4 is 5.32 Å². The SMILES string of the molecule is CC(C)(C)[C@@H]1CCc2c(sc(N=Cc3ccc(Sc4nc5ccccc5s4)o3)c2C(=O)NCc2ccco2)C1. The summed E-state index contributed by atoms with van der Waals surface area (Å²) < 4.78 is 13.5. The third-order valence-electron chi connectivity index (χ3n) is 7.08. The maximum atomic E-state index is 13.4. The number of carbonyl (C=O) groups is 1. The molecule has 4 aromatic heterocycles. The van der Waals surface area contributed by atoms with E-state index in [0.29, 0.717) is 23.8 Å². The number of nitrogens with zero attached hydrogens (tertiary/aromatic N) is 2. The van der Waals surface area contributed by atoms with Crippen molar-refractivity contribution >= 4 is 61.8 Å². The van der Waals surface area contributed by atoms with E-state index in [2.05, 4.69) is 37.1 Å². The van der Waals surface area contributed by atoms with Gasteiger partial charge in [0.2, 0.25) is 0 Å². The predicted octanol–water partition coefficient (Wildman–Crippen LogP) is 8.53. The van der Waals surface area contributed by atoms with E-state index in [-0.39, 0.29) is 11.3 Å². The molecule has 0 bridgehead atoms. The van der Waals surface area contributed by atoms with Crippen LogP contribution in [0.1, 0.15) is 59.5 Å². The molecule has 1 aliphatic carbocycles. The van der Waals surface area contributed by atoms with E-state index in [0.717, 1.165) is 55.2 Å². The molecule has 39 heavy (non-hydrogen) atoms. The number of aliphatic imine (C=N–C) groups is 1. The van der Waals surface area contributed by atoms with Gasteiger partial charge in [-0.05, 0) is 84.3 Å². The summed E-state index contributed by atoms with van der Waals surface area (Å²) in [4.78, 5) is 24.1. The van der Waals surface area contributed by atoms with Crippen LogP contribution in [0.25, 0.3) is 10.2 Å². The largest absolute Gasteiger partial charge is 0.467 e. The number of amides is 1. The Kier molecular flexibility index (Phi) is 7.22. The van der Waals surface area contributed by atoms with Gasteiger partial charge in [0.15, 0.2) is 9.43 Å². The lowest BCUT2D eigenvalue weighted by Crippen LogP contribution is -2.28. The van der Waals surface area contributed by atoms with Gasteiger partial charge < -0.3 is 14.2 Å². The van der Waals surface area contributed by atoms with Crippen LogP contribution in [-0.2, 0) is 19.4 Å². The second kappa shape index (κ2) is 10.8. The number of carbonyl (C=O) groups excluding carboxylic acids is 1. The van der Waals surface area contributed by atoms with Crippen molar-refractivity contribution in [2.24, 2.45) is 16.3 Å². The number of hydrogen-bond donors (Lipinski definition) is 1. The number of aromatic nitrogens is 1. The lowest BCUT2D eigenvalue weighted by Gasteiger charge is -2.33. The molecule has 6 nitrogen and oxygen atoms in total. The monoisotopic (exact) mass is 575 g/mol. The number of thiophene rings is 1. The van der Waals surface area contributed by atoms with E-state index in [1.165, 1.54) is 16.6 Å². The molecule has 0 saturated heterocycles. The van der Waals surface area contributed by atoms with Gasteiger partial charge in [-0.25, -0.2) is 9.98 Å². The van der Waals surface area contributed by atoms with E-state index < -0.39 is 0 Å². The van der Waals surface area contributed by atoms with E-state index >= 15 is 0 Å². The molecule has 1 aromatic carbocycles. The van der Waals surface area contributed by atoms with Crippen molar-refractivity contribution in [1.29, 1.82) is 0 Å². The average molecular weight is 576 g/mol. The summed E-state index contributed by atoms with van der Waals surface area (Å²) in [7, 11) is 0. The molecule has 0 spiro atoms. The average Bonchev–Trinajstić information content (AvgIpc) is 3.71. The van der Waals surface area contributed by atoms with E-state index in [1.807, 2.05) is 42.5 Å². The zero-order valence-corrected chi connectivity index (χ0v) is 24.5. The molecule has 1 aliphatic rings. The highest BCUT2D eigenvalue weighted by Crippen LogP contribution is 2.45. The highest BCUT2D eigenvalue weighted by molar-refractivity contribution is 8.01. The Morgan fingerprint density at radius 2 is 2.05 bits per heavy atom. The Hall–Kier alpha value is -3.14. The fourth-order valence-corrected chi connectivity index (χ4v) is 8.10. The minimum Gasteiger partial charge on any atom is -0.467 e. The normalized spacial score (nSPS) is 15.7. The highest BCUT2D eigenvalue weighted by atomic mass is 32.2. The molecular formula is C30H29N3O3S3. The first-order chi connectivity index (χ1) is 18.8. The molecule has 0 saturated carbocycles. The lowest BCUT2D eigenvalue weighted by atomic mass is 9.72. The van der Waals surface area contributed by atoms with Crippen LogP contribution in [0.5, 0.6) is 0 Å². The fraction of sp³-hybridized carbons (Fsp3) is 0.300. The molecule has 4 heterocycles. The first-order valence-electron chi connectivity index (χ1n) is 13.0. The second-order valence-corrected chi connectivity index (χ2v) is 14.1. The number of rotatable bonds is 7. The maximum absolute atomic E-state index is 13.4. The second-order valence-electron chi connectivity index (χ2n) is 10.7. The molecule has 0 unspecified atom stereocenters. The predicted molar refractivity (Wildman–Crippen MR) is 159 cm³/mol. The third-order valence-corrected chi connectivity index (χ3v) is 10.3. The Morgan fingerprint density at radius 1 is 1.18 bits per heavy atom. The molecule has 0 radical (unpaired) electrons. The van der Waals surface area contributed by atoms with Crippen molar-refractivity contribution in [2.75, 3.05) is 0 Å². The van der Waals surface area contributed by atoms with Crippen LogP contribution in [0.4, 0.5) is 5.00 Å². The number of hydrogen-bond acceptors (Lipinski definition) is 8. The third kappa shape index (κ3) is 5.76. The van der Waals surface area contributed by atoms with Crippen LogP contribution >= 0.6 is 34.4 Å². The van der Waals surface area contributed by atoms with Crippen LogP contribution in [-0.4, -0.2) is 17.1 Å². The summed E-state index contributed by atoms with van der Waals surface area (Å²) in [5.74, 6) is 1.82. The van der Waals surface area contributed by atoms with Crippen molar-refractivity contribution in [1.82, 2.24) is 10.3 Å². The summed E-state index contributed by atoms with van der Waals surface area (Å²) in [6.07, 6.45) is 6.25. The molecule has 200 valence electrons. The maximum Gasteiger partial charge on any atom is 0.255 e. The van der Waals surface area contributed by atoms with Crippen molar-refractivity contribution in [3.05, 3.63) is 82.3 Å². The molecule has 1 N–H and O–H groups in total. The molecule has 0 aliphatic heterocycles. The van der Waals surface area contributed by atoms with Crippen LogP contribution in [0.3, 0.4) is 0 Å². The van der Waals surface area contributed by atoms with Gasteiger partial charge in [0.05, 0.1) is 34.8 Å². The zero-order chi connectivity index (χ0) is 27.0.